The van der Waals surface area contributed by atoms with E-state index in [0.29, 0.717) is 6.54 Å². The second-order valence-corrected chi connectivity index (χ2v) is 7.06. The quantitative estimate of drug-likeness (QED) is 0.242. The number of aromatic nitrogens is 2. The summed E-state index contributed by atoms with van der Waals surface area (Å²) >= 11 is 0. The van der Waals surface area contributed by atoms with E-state index in [9.17, 15) is 19.7 Å². The molecule has 0 aliphatic rings. The molecule has 3 N–H and O–H groups in total. The standard InChI is InChI=1S/C16H27N5O6/c1-15(2,13(24)11-22)18-7-10-27-19-16(3,4)12(23)5-8-20-9-6-17-14(20)21(25)26/h6,9,18-19,22H,5,7-8,10-11H2,1-4H3. The van der Waals surface area contributed by atoms with Crippen LogP contribution in [-0.2, 0) is 21.0 Å². The van der Waals surface area contributed by atoms with Gasteiger partial charge >= 0.3 is 5.95 Å². The highest BCUT2D eigenvalue weighted by Gasteiger charge is 2.29. The molecule has 0 aliphatic heterocycles. The van der Waals surface area contributed by atoms with E-state index in [2.05, 4.69) is 15.8 Å². The average molecular weight is 385 g/mol. The molecule has 0 fully saturated rings. The Morgan fingerprint density at radius 3 is 2.56 bits per heavy atom. The molecule has 0 saturated heterocycles. The monoisotopic (exact) mass is 385 g/mol. The number of aliphatic hydroxyl groups is 1. The van der Waals surface area contributed by atoms with E-state index in [-0.39, 0.29) is 37.1 Å². The lowest BCUT2D eigenvalue weighted by molar-refractivity contribution is -0.396. The second-order valence-electron chi connectivity index (χ2n) is 7.06. The maximum Gasteiger partial charge on any atom is 0.434 e. The fraction of sp³-hybridized carbons (Fsp3) is 0.688. The van der Waals surface area contributed by atoms with Crippen molar-refractivity contribution >= 4 is 17.5 Å². The number of nitrogens with zero attached hydrogens (tertiary/aromatic N) is 3. The molecule has 1 heterocycles. The summed E-state index contributed by atoms with van der Waals surface area (Å²) in [5.74, 6) is -0.829. The molecule has 0 spiro atoms. The molecule has 1 aromatic rings. The van der Waals surface area contributed by atoms with Crippen molar-refractivity contribution in [2.24, 2.45) is 0 Å². The first-order chi connectivity index (χ1) is 12.5. The first kappa shape index (κ1) is 22.8. The van der Waals surface area contributed by atoms with Crippen molar-refractivity contribution in [3.05, 3.63) is 22.5 Å². The van der Waals surface area contributed by atoms with E-state index >= 15 is 0 Å². The summed E-state index contributed by atoms with van der Waals surface area (Å²) in [6, 6.07) is 0. The Morgan fingerprint density at radius 2 is 1.96 bits per heavy atom. The lowest BCUT2D eigenvalue weighted by Crippen LogP contribution is -2.51. The molecular weight excluding hydrogens is 358 g/mol. The van der Waals surface area contributed by atoms with E-state index in [1.165, 1.54) is 17.0 Å². The zero-order chi connectivity index (χ0) is 20.7. The van der Waals surface area contributed by atoms with E-state index in [1.54, 1.807) is 27.7 Å². The van der Waals surface area contributed by atoms with Crippen LogP contribution < -0.4 is 10.8 Å². The van der Waals surface area contributed by atoms with Gasteiger partial charge < -0.3 is 20.5 Å². The van der Waals surface area contributed by atoms with E-state index in [0.717, 1.165) is 0 Å². The fourth-order valence-electron chi connectivity index (χ4n) is 2.18. The van der Waals surface area contributed by atoms with Crippen molar-refractivity contribution in [2.45, 2.75) is 51.7 Å². The number of hydroxylamine groups is 1. The second kappa shape index (κ2) is 9.65. The summed E-state index contributed by atoms with van der Waals surface area (Å²) in [6.07, 6.45) is 2.82. The number of aliphatic hydroxyl groups excluding tert-OH is 1. The van der Waals surface area contributed by atoms with Crippen molar-refractivity contribution in [3.63, 3.8) is 0 Å². The molecule has 11 heteroatoms. The molecule has 152 valence electrons. The third-order valence-corrected chi connectivity index (χ3v) is 4.07. The normalized spacial score (nSPS) is 12.2. The number of ketones is 2. The Labute approximate surface area is 157 Å². The van der Waals surface area contributed by atoms with Gasteiger partial charge in [-0.05, 0) is 32.6 Å². The smallest absolute Gasteiger partial charge is 0.390 e. The number of hydrogen-bond acceptors (Lipinski definition) is 9. The molecule has 1 aromatic heterocycles. The van der Waals surface area contributed by atoms with Crippen molar-refractivity contribution in [2.75, 3.05) is 19.8 Å². The van der Waals surface area contributed by atoms with Crippen LogP contribution in [0.1, 0.15) is 34.1 Å². The molecular formula is C16H27N5O6. The molecule has 0 saturated carbocycles. The zero-order valence-corrected chi connectivity index (χ0v) is 16.0. The van der Waals surface area contributed by atoms with Gasteiger partial charge in [0.05, 0.1) is 24.2 Å². The minimum absolute atomic E-state index is 0.0663. The Morgan fingerprint density at radius 1 is 1.30 bits per heavy atom. The number of aryl methyl sites for hydroxylation is 1. The molecule has 27 heavy (non-hydrogen) atoms. The van der Waals surface area contributed by atoms with Crippen molar-refractivity contribution in [1.82, 2.24) is 20.3 Å². The Balaban J connectivity index is 2.39. The number of imidazole rings is 1. The summed E-state index contributed by atoms with van der Waals surface area (Å²) < 4.78 is 1.30. The minimum Gasteiger partial charge on any atom is -0.390 e. The minimum atomic E-state index is -0.994. The summed E-state index contributed by atoms with van der Waals surface area (Å²) in [6.45, 7) is 6.70. The summed E-state index contributed by atoms with van der Waals surface area (Å²) in [4.78, 5) is 43.0. The van der Waals surface area contributed by atoms with Crippen LogP contribution in [0.5, 0.6) is 0 Å². The molecule has 0 aliphatic carbocycles. The highest BCUT2D eigenvalue weighted by molar-refractivity contribution is 5.88. The Bertz CT molecular complexity index is 670. The van der Waals surface area contributed by atoms with Gasteiger partial charge in [-0.1, -0.05) is 4.98 Å². The molecule has 0 unspecified atom stereocenters. The van der Waals surface area contributed by atoms with Crippen molar-refractivity contribution in [1.29, 1.82) is 0 Å². The van der Waals surface area contributed by atoms with Gasteiger partial charge in [0.25, 0.3) is 0 Å². The van der Waals surface area contributed by atoms with Crippen molar-refractivity contribution < 1.29 is 24.5 Å². The molecule has 0 atom stereocenters. The van der Waals surface area contributed by atoms with Crippen LogP contribution in [0.15, 0.2) is 12.4 Å². The number of carbonyl (C=O) groups is 2. The van der Waals surface area contributed by atoms with Crippen LogP contribution >= 0.6 is 0 Å². The maximum absolute atomic E-state index is 12.4. The predicted octanol–water partition coefficient (Wildman–Crippen LogP) is -0.0201. The topological polar surface area (TPSA) is 149 Å². The van der Waals surface area contributed by atoms with Crippen molar-refractivity contribution in [3.8, 4) is 0 Å². The summed E-state index contributed by atoms with van der Waals surface area (Å²) in [7, 11) is 0. The molecule has 1 rings (SSSR count). The third-order valence-electron chi connectivity index (χ3n) is 4.07. The van der Waals surface area contributed by atoms with E-state index < -0.39 is 22.6 Å². The zero-order valence-electron chi connectivity index (χ0n) is 16.0. The lowest BCUT2D eigenvalue weighted by Gasteiger charge is -2.26. The van der Waals surface area contributed by atoms with Crippen LogP contribution in [0.25, 0.3) is 0 Å². The van der Waals surface area contributed by atoms with Gasteiger partial charge in [0.15, 0.2) is 11.6 Å². The van der Waals surface area contributed by atoms with Gasteiger partial charge in [-0.2, -0.15) is 5.48 Å². The molecule has 0 aromatic carbocycles. The SMILES string of the molecule is CC(C)(NCCONC(C)(C)C(=O)CCn1ccnc1[N+](=O)[O-])C(=O)CO. The fourth-order valence-corrected chi connectivity index (χ4v) is 2.18. The highest BCUT2D eigenvalue weighted by atomic mass is 16.6. The predicted molar refractivity (Wildman–Crippen MR) is 95.8 cm³/mol. The summed E-state index contributed by atoms with van der Waals surface area (Å²) in [5.41, 5.74) is 0.807. The lowest BCUT2D eigenvalue weighted by atomic mass is 9.98. The van der Waals surface area contributed by atoms with Gasteiger partial charge in [-0.15, -0.1) is 0 Å². The molecule has 0 radical (unpaired) electrons. The van der Waals surface area contributed by atoms with Crippen LogP contribution in [0.3, 0.4) is 0 Å². The highest BCUT2D eigenvalue weighted by Crippen LogP contribution is 2.12. The summed E-state index contributed by atoms with van der Waals surface area (Å²) in [5, 5.41) is 22.7. The van der Waals surface area contributed by atoms with Gasteiger partial charge in [-0.3, -0.25) is 14.4 Å². The van der Waals surface area contributed by atoms with Crippen LogP contribution in [-0.4, -0.2) is 62.0 Å². The number of nitro groups is 1. The molecule has 0 amide bonds. The van der Waals surface area contributed by atoms with E-state index in [4.69, 9.17) is 9.94 Å². The first-order valence-corrected chi connectivity index (χ1v) is 8.48. The molecule has 11 nitrogen and oxygen atoms in total. The van der Waals surface area contributed by atoms with Crippen LogP contribution in [0, 0.1) is 10.1 Å². The third kappa shape index (κ3) is 6.79. The largest absolute Gasteiger partial charge is 0.434 e. The number of hydrogen-bond donors (Lipinski definition) is 3. The number of rotatable bonds is 13. The van der Waals surface area contributed by atoms with Gasteiger partial charge in [-0.25, -0.2) is 4.57 Å². The number of Topliss-reactive ketones (excluding diaryl/α,β-unsaturated/α-hetero) is 2. The number of carbonyl (C=O) groups excluding carboxylic acids is 2. The van der Waals surface area contributed by atoms with Crippen LogP contribution in [0.2, 0.25) is 0 Å². The van der Waals surface area contributed by atoms with Gasteiger partial charge in [0, 0.05) is 13.0 Å². The van der Waals surface area contributed by atoms with Crippen LogP contribution in [0.4, 0.5) is 5.95 Å². The van der Waals surface area contributed by atoms with Gasteiger partial charge in [0.1, 0.15) is 19.0 Å². The average Bonchev–Trinajstić information content (AvgIpc) is 3.07. The number of nitrogens with one attached hydrogen (secondary N) is 2. The van der Waals surface area contributed by atoms with Gasteiger partial charge in [0.2, 0.25) is 0 Å². The Hall–Kier alpha value is -2.21. The van der Waals surface area contributed by atoms with E-state index in [1.807, 2.05) is 0 Å². The molecule has 0 bridgehead atoms. The Kier molecular flexibility index (Phi) is 8.16. The first-order valence-electron chi connectivity index (χ1n) is 8.48. The maximum atomic E-state index is 12.4.